The van der Waals surface area contributed by atoms with Crippen LogP contribution in [-0.4, -0.2) is 119 Å². The molecule has 0 fully saturated rings. The van der Waals surface area contributed by atoms with Gasteiger partial charge in [-0.3, -0.25) is 28.8 Å². The van der Waals surface area contributed by atoms with Gasteiger partial charge in [-0.15, -0.1) is 0 Å². The summed E-state index contributed by atoms with van der Waals surface area (Å²) in [5, 5.41) is 47.7. The van der Waals surface area contributed by atoms with Crippen LogP contribution in [0.2, 0.25) is 0 Å². The molecule has 0 aliphatic carbocycles. The van der Waals surface area contributed by atoms with Crippen LogP contribution in [0.15, 0.2) is 146 Å². The summed E-state index contributed by atoms with van der Waals surface area (Å²) >= 11 is 7.96. The van der Waals surface area contributed by atoms with Gasteiger partial charge >= 0.3 is 11.9 Å². The number of thiol groups is 2. The minimum atomic E-state index is -1.38. The summed E-state index contributed by atoms with van der Waals surface area (Å²) < 4.78 is 5.26. The number of amides is 4. The molecule has 0 unspecified atom stereocenters. The fourth-order valence-electron chi connectivity index (χ4n) is 5.97. The summed E-state index contributed by atoms with van der Waals surface area (Å²) in [6.07, 6.45) is 59.4. The lowest BCUT2D eigenvalue weighted by molar-refractivity contribution is -0.152. The molecule has 17 heteroatoms. The number of ether oxygens (including phenoxy) is 1. The molecule has 81 heavy (non-hydrogen) atoms. The molecule has 0 aromatic carbocycles. The van der Waals surface area contributed by atoms with Crippen LogP contribution in [0.1, 0.15) is 144 Å². The molecular weight excluding hydrogens is 1060 g/mol. The van der Waals surface area contributed by atoms with E-state index in [4.69, 9.17) is 14.9 Å². The molecule has 8 N–H and O–H groups in total. The highest BCUT2D eigenvalue weighted by atomic mass is 32.1. The summed E-state index contributed by atoms with van der Waals surface area (Å²) in [6, 6.07) is 0. The van der Waals surface area contributed by atoms with Crippen LogP contribution in [0.25, 0.3) is 0 Å². The van der Waals surface area contributed by atoms with Gasteiger partial charge < -0.3 is 46.4 Å². The van der Waals surface area contributed by atoms with Crippen molar-refractivity contribution in [1.29, 1.82) is 0 Å². The van der Waals surface area contributed by atoms with Gasteiger partial charge in [-0.05, 0) is 77.0 Å². The maximum atomic E-state index is 12.2. The third-order valence-electron chi connectivity index (χ3n) is 10.9. The van der Waals surface area contributed by atoms with Gasteiger partial charge in [0.1, 0.15) is 12.2 Å². The Labute approximate surface area is 497 Å². The molecule has 0 bridgehead atoms. The fraction of sp³-hybridized carbons (Fsp3) is 0.531. The van der Waals surface area contributed by atoms with Crippen molar-refractivity contribution in [2.45, 2.75) is 156 Å². The molecule has 0 aliphatic rings. The number of carbonyl (C=O) groups excluding carboxylic acids is 5. The maximum Gasteiger partial charge on any atom is 0.309 e. The van der Waals surface area contributed by atoms with Crippen LogP contribution in [0, 0.1) is 10.8 Å². The summed E-state index contributed by atoms with van der Waals surface area (Å²) in [5.74, 6) is -1.71. The molecule has 0 saturated heterocycles. The monoisotopic (exact) mass is 1170 g/mol. The van der Waals surface area contributed by atoms with Gasteiger partial charge in [-0.2, -0.15) is 25.3 Å². The number of carboxylic acids is 1. The van der Waals surface area contributed by atoms with Crippen LogP contribution >= 0.6 is 25.3 Å². The van der Waals surface area contributed by atoms with Crippen LogP contribution < -0.4 is 21.3 Å². The molecule has 2 atom stereocenters. The summed E-state index contributed by atoms with van der Waals surface area (Å²) in [5.41, 5.74) is -1.88. The number of hydrogen-bond acceptors (Lipinski definition) is 12. The molecular formula is C64H102N4O11S2. The highest BCUT2D eigenvalue weighted by Gasteiger charge is 2.35. The Morgan fingerprint density at radius 1 is 0.432 bits per heavy atom. The van der Waals surface area contributed by atoms with Crippen molar-refractivity contribution in [3.05, 3.63) is 146 Å². The number of hydrogen-bond donors (Lipinski definition) is 10. The second-order valence-electron chi connectivity index (χ2n) is 19.5. The number of nitrogens with one attached hydrogen (secondary N) is 4. The quantitative estimate of drug-likeness (QED) is 0.0156. The summed E-state index contributed by atoms with van der Waals surface area (Å²) in [7, 11) is 0. The first kappa shape index (κ1) is 79.5. The van der Waals surface area contributed by atoms with Crippen LogP contribution in [0.3, 0.4) is 0 Å². The molecule has 456 valence electrons. The molecule has 0 aliphatic heterocycles. The van der Waals surface area contributed by atoms with Crippen molar-refractivity contribution in [3.8, 4) is 0 Å². The number of carbonyl (C=O) groups is 6. The van der Waals surface area contributed by atoms with Crippen LogP contribution in [-0.2, 0) is 33.5 Å². The highest BCUT2D eigenvalue weighted by molar-refractivity contribution is 7.80. The van der Waals surface area contributed by atoms with E-state index in [1.54, 1.807) is 39.8 Å². The minimum absolute atomic E-state index is 0.102. The van der Waals surface area contributed by atoms with E-state index in [1.165, 1.54) is 0 Å². The zero-order valence-corrected chi connectivity index (χ0v) is 51.3. The van der Waals surface area contributed by atoms with E-state index >= 15 is 0 Å². The normalized spacial score (nSPS) is 13.2. The summed E-state index contributed by atoms with van der Waals surface area (Å²) in [6.45, 7) is 11.5. The first-order valence-corrected chi connectivity index (χ1v) is 29.6. The lowest BCUT2D eigenvalue weighted by atomic mass is 9.87. The van der Waals surface area contributed by atoms with Crippen molar-refractivity contribution in [2.75, 3.05) is 50.9 Å². The predicted octanol–water partition coefficient (Wildman–Crippen LogP) is 10.6. The summed E-state index contributed by atoms with van der Waals surface area (Å²) in [4.78, 5) is 68.8. The smallest absolute Gasteiger partial charge is 0.309 e. The molecule has 0 spiro atoms. The third-order valence-corrected chi connectivity index (χ3v) is 11.4. The maximum absolute atomic E-state index is 12.2. The highest BCUT2D eigenvalue weighted by Crippen LogP contribution is 2.22. The Hall–Kier alpha value is -5.72. The van der Waals surface area contributed by atoms with Crippen molar-refractivity contribution in [2.24, 2.45) is 10.8 Å². The van der Waals surface area contributed by atoms with E-state index in [9.17, 15) is 39.0 Å². The molecule has 4 amide bonds. The largest absolute Gasteiger partial charge is 0.481 e. The van der Waals surface area contributed by atoms with Crippen LogP contribution in [0.5, 0.6) is 0 Å². The van der Waals surface area contributed by atoms with Gasteiger partial charge in [-0.25, -0.2) is 0 Å². The Balaban J connectivity index is -0.00000125. The van der Waals surface area contributed by atoms with Gasteiger partial charge in [0.2, 0.25) is 23.6 Å². The number of aliphatic carboxylic acids is 1. The molecule has 0 aromatic heterocycles. The fourth-order valence-corrected chi connectivity index (χ4v) is 6.19. The van der Waals surface area contributed by atoms with Gasteiger partial charge in [0, 0.05) is 61.4 Å². The SMILES string of the molecule is CC(C)(CO)[C@@H](O)C(=O)NCCC(=O)NCCS.CC/C=C\C/C=C\C/C=C\C/C=C\C/C=C\C/C=C\CC(=O)O.CC/C=C\C/C=C\C/C=C\C/C=C\C/C=C\C/C=C\CC(=O)OCC(C)(C)[C@@H](O)C(=O)NCCC(=O)NCCS. The van der Waals surface area contributed by atoms with Gasteiger partial charge in [0.15, 0.2) is 0 Å². The van der Waals surface area contributed by atoms with E-state index in [-0.39, 0.29) is 63.8 Å². The lowest BCUT2D eigenvalue weighted by Crippen LogP contribution is -2.47. The first-order chi connectivity index (χ1) is 38.9. The average Bonchev–Trinajstić information content (AvgIpc) is 3.44. The third kappa shape index (κ3) is 56.0. The van der Waals surface area contributed by atoms with Crippen LogP contribution in [0.4, 0.5) is 0 Å². The second-order valence-corrected chi connectivity index (χ2v) is 20.4. The van der Waals surface area contributed by atoms with E-state index in [0.29, 0.717) is 24.6 Å². The molecule has 0 radical (unpaired) electrons. The number of esters is 1. The second kappa shape index (κ2) is 57.5. The lowest BCUT2D eigenvalue weighted by Gasteiger charge is -2.28. The van der Waals surface area contributed by atoms with E-state index < -0.39 is 46.8 Å². The molecule has 0 aromatic rings. The van der Waals surface area contributed by atoms with Crippen molar-refractivity contribution in [1.82, 2.24) is 21.3 Å². The van der Waals surface area contributed by atoms with Gasteiger partial charge in [0.25, 0.3) is 0 Å². The number of aliphatic hydroxyl groups is 3. The zero-order chi connectivity index (χ0) is 61.1. The Bertz CT molecular complexity index is 2050. The number of aliphatic hydroxyl groups excluding tert-OH is 3. The van der Waals surface area contributed by atoms with Crippen molar-refractivity contribution < 1.29 is 53.9 Å². The predicted molar refractivity (Wildman–Crippen MR) is 340 cm³/mol. The standard InChI is InChI=1S/C32H50N2O5S.C21H30O2.C11H22N2O4S/c1-4-5-6-7-8-9-10-11-12-13-14-15-16-17-18-19-20-21-22-29(36)39-27-32(2,3)30(37)31(38)34-24-23-28(35)33-25-26-40;1-2-3-4-5-6-7-8-9-10-11-12-13-14-15-16-17-18-19-20-21(22)23;1-11(2,7-14)9(16)10(17)13-4-3-8(15)12-5-6-18/h5-6,8-9,11-12,14-15,17-18,20-21,30,37,40H,4,7,10,13,16,19,22-27H2,1-3H3,(H,33,35)(H,34,38);3-4,6-7,9-10,12-13,15-16,18-19H,2,5,8,11,14,17,20H2,1H3,(H,22,23);9,14,16,18H,3-7H2,1-2H3,(H,12,15)(H,13,17)/b6-5-,9-8-,12-11-,15-14-,18-17-,21-20-;4-3-,7-6-,10-9-,13-12-,16-15-,19-18-;/t30-;;9-/m0.0/s1. The first-order valence-electron chi connectivity index (χ1n) is 28.3. The molecule has 0 rings (SSSR count). The number of carboxylic acid groups (broad SMARTS) is 1. The Morgan fingerprint density at radius 3 is 1.00 bits per heavy atom. The van der Waals surface area contributed by atoms with Gasteiger partial charge in [-0.1, -0.05) is 187 Å². The van der Waals surface area contributed by atoms with Crippen molar-refractivity contribution in [3.63, 3.8) is 0 Å². The van der Waals surface area contributed by atoms with Gasteiger partial charge in [0.05, 0.1) is 26.1 Å². The topological polar surface area (TPSA) is 241 Å². The number of rotatable bonds is 43. The molecule has 15 nitrogen and oxygen atoms in total. The molecule has 0 saturated carbocycles. The van der Waals surface area contributed by atoms with E-state index in [1.807, 2.05) is 18.2 Å². The average molecular weight is 1170 g/mol. The minimum Gasteiger partial charge on any atom is -0.481 e. The number of allylic oxidation sites excluding steroid dienone is 22. The molecule has 0 heterocycles. The van der Waals surface area contributed by atoms with Crippen molar-refractivity contribution >= 4 is 60.8 Å². The Kier molecular flexibility index (Phi) is 56.4. The van der Waals surface area contributed by atoms with E-state index in [2.05, 4.69) is 176 Å². The zero-order valence-electron chi connectivity index (χ0n) is 49.5. The van der Waals surface area contributed by atoms with E-state index in [0.717, 1.165) is 77.0 Å². The Morgan fingerprint density at radius 2 is 0.716 bits per heavy atom.